The molecule has 178 valence electrons. The van der Waals surface area contributed by atoms with Crippen molar-refractivity contribution in [3.05, 3.63) is 54.4 Å². The zero-order valence-electron chi connectivity index (χ0n) is 17.6. The number of nitrogens with zero attached hydrogens (tertiary/aromatic N) is 4. The number of halogens is 3. The number of amides is 1. The monoisotopic (exact) mass is 468 g/mol. The average Bonchev–Trinajstić information content (AvgIpc) is 3.21. The second-order valence-corrected chi connectivity index (χ2v) is 7.66. The van der Waals surface area contributed by atoms with Crippen molar-refractivity contribution in [3.63, 3.8) is 0 Å². The van der Waals surface area contributed by atoms with Crippen LogP contribution in [-0.4, -0.2) is 74.4 Å². The first kappa shape index (κ1) is 24.5. The first-order valence-corrected chi connectivity index (χ1v) is 10.2. The van der Waals surface area contributed by atoms with Crippen molar-refractivity contribution >= 4 is 11.9 Å². The lowest BCUT2D eigenvalue weighted by molar-refractivity contribution is -0.192. The molecular formula is C21H23F3N4O5. The summed E-state index contributed by atoms with van der Waals surface area (Å²) in [5, 5.41) is 7.12. The van der Waals surface area contributed by atoms with Crippen molar-refractivity contribution in [3.8, 4) is 0 Å². The van der Waals surface area contributed by atoms with E-state index in [1.54, 1.807) is 24.7 Å². The third kappa shape index (κ3) is 6.93. The molecule has 9 nitrogen and oxygen atoms in total. The molecule has 12 heteroatoms. The Morgan fingerprint density at radius 3 is 2.42 bits per heavy atom. The smallest absolute Gasteiger partial charge is 0.475 e. The highest BCUT2D eigenvalue weighted by atomic mass is 19.4. The van der Waals surface area contributed by atoms with E-state index in [9.17, 15) is 18.0 Å². The summed E-state index contributed by atoms with van der Waals surface area (Å²) in [6.07, 6.45) is 4.28. The van der Waals surface area contributed by atoms with Gasteiger partial charge in [-0.2, -0.15) is 13.2 Å². The average molecular weight is 468 g/mol. The highest BCUT2D eigenvalue weighted by molar-refractivity contribution is 5.90. The molecule has 2 saturated heterocycles. The van der Waals surface area contributed by atoms with E-state index >= 15 is 0 Å². The summed E-state index contributed by atoms with van der Waals surface area (Å²) >= 11 is 0. The van der Waals surface area contributed by atoms with Gasteiger partial charge < -0.3 is 19.5 Å². The molecule has 2 aromatic heterocycles. The maximum absolute atomic E-state index is 12.5. The molecule has 1 amide bonds. The first-order valence-electron chi connectivity index (χ1n) is 10.2. The molecule has 0 aliphatic carbocycles. The molecule has 2 aliphatic rings. The van der Waals surface area contributed by atoms with Gasteiger partial charge in [0.15, 0.2) is 0 Å². The fourth-order valence-corrected chi connectivity index (χ4v) is 3.62. The minimum absolute atomic E-state index is 0.0925. The summed E-state index contributed by atoms with van der Waals surface area (Å²) in [5.41, 5.74) is 0.894. The van der Waals surface area contributed by atoms with Crippen LogP contribution in [-0.2, 0) is 20.9 Å². The number of carbonyl (C=O) groups is 2. The molecule has 1 spiro atoms. The maximum Gasteiger partial charge on any atom is 0.490 e. The Labute approximate surface area is 187 Å². The van der Waals surface area contributed by atoms with Gasteiger partial charge in [-0.15, -0.1) is 0 Å². The number of ether oxygens (including phenoxy) is 2. The molecule has 2 aliphatic heterocycles. The summed E-state index contributed by atoms with van der Waals surface area (Å²) in [6.45, 7) is 2.47. The summed E-state index contributed by atoms with van der Waals surface area (Å²) in [6, 6.07) is 5.63. The Balaban J connectivity index is 0.000000383. The van der Waals surface area contributed by atoms with E-state index in [0.717, 1.165) is 24.8 Å². The van der Waals surface area contributed by atoms with Gasteiger partial charge in [0.1, 0.15) is 0 Å². The normalized spacial score (nSPS) is 19.6. The third-order valence-corrected chi connectivity index (χ3v) is 5.35. The van der Waals surface area contributed by atoms with Crippen LogP contribution in [0.15, 0.2) is 43.0 Å². The van der Waals surface area contributed by atoms with Gasteiger partial charge in [-0.3, -0.25) is 9.78 Å². The Bertz CT molecular complexity index is 923. The number of aromatic nitrogens is 3. The predicted molar refractivity (Wildman–Crippen MR) is 107 cm³/mol. The van der Waals surface area contributed by atoms with E-state index in [1.165, 1.54) is 0 Å². The largest absolute Gasteiger partial charge is 0.490 e. The summed E-state index contributed by atoms with van der Waals surface area (Å²) in [4.78, 5) is 35.4. The maximum atomic E-state index is 12.5. The lowest BCUT2D eigenvalue weighted by Crippen LogP contribution is -2.47. The van der Waals surface area contributed by atoms with Gasteiger partial charge in [0.05, 0.1) is 24.9 Å². The number of alkyl halides is 3. The second-order valence-electron chi connectivity index (χ2n) is 7.66. The van der Waals surface area contributed by atoms with Crippen LogP contribution < -0.4 is 0 Å². The summed E-state index contributed by atoms with van der Waals surface area (Å²) < 4.78 is 43.8. The topological polar surface area (TPSA) is 115 Å². The van der Waals surface area contributed by atoms with E-state index in [4.69, 9.17) is 19.4 Å². The number of carboxylic acids is 1. The number of aliphatic carboxylic acids is 1. The van der Waals surface area contributed by atoms with Crippen LogP contribution in [0.25, 0.3) is 0 Å². The van der Waals surface area contributed by atoms with Gasteiger partial charge >= 0.3 is 12.1 Å². The molecule has 0 aromatic carbocycles. The van der Waals surface area contributed by atoms with Gasteiger partial charge in [0, 0.05) is 44.3 Å². The molecule has 0 bridgehead atoms. The Morgan fingerprint density at radius 1 is 1.18 bits per heavy atom. The zero-order valence-corrected chi connectivity index (χ0v) is 17.6. The Kier molecular flexibility index (Phi) is 7.92. The zero-order chi connectivity index (χ0) is 23.9. The molecule has 0 saturated carbocycles. The van der Waals surface area contributed by atoms with Crippen molar-refractivity contribution < 1.29 is 37.3 Å². The Hall–Kier alpha value is -3.12. The lowest BCUT2D eigenvalue weighted by atomic mass is 9.88. The van der Waals surface area contributed by atoms with E-state index in [-0.39, 0.29) is 23.4 Å². The summed E-state index contributed by atoms with van der Waals surface area (Å²) in [5.74, 6) is -2.61. The molecular weight excluding hydrogens is 445 g/mol. The van der Waals surface area contributed by atoms with Gasteiger partial charge in [-0.05, 0) is 30.5 Å². The van der Waals surface area contributed by atoms with Crippen LogP contribution in [0.3, 0.4) is 0 Å². The number of carboxylic acid groups (broad SMARTS) is 1. The molecule has 0 radical (unpaired) electrons. The lowest BCUT2D eigenvalue weighted by Gasteiger charge is -2.38. The van der Waals surface area contributed by atoms with Crippen LogP contribution in [0.4, 0.5) is 13.2 Å². The molecule has 33 heavy (non-hydrogen) atoms. The highest BCUT2D eigenvalue weighted by Crippen LogP contribution is 2.37. The van der Waals surface area contributed by atoms with Crippen LogP contribution in [0.2, 0.25) is 0 Å². The van der Waals surface area contributed by atoms with Crippen molar-refractivity contribution in [1.82, 2.24) is 19.9 Å². The molecule has 2 aromatic rings. The van der Waals surface area contributed by atoms with Crippen molar-refractivity contribution in [1.29, 1.82) is 0 Å². The van der Waals surface area contributed by atoms with Gasteiger partial charge in [0.25, 0.3) is 5.91 Å². The number of piperidine rings is 1. The van der Waals surface area contributed by atoms with Gasteiger partial charge in [-0.25, -0.2) is 14.8 Å². The minimum atomic E-state index is -5.08. The molecule has 2 fully saturated rings. The van der Waals surface area contributed by atoms with Crippen LogP contribution in [0.5, 0.6) is 0 Å². The van der Waals surface area contributed by atoms with Crippen molar-refractivity contribution in [2.45, 2.75) is 43.8 Å². The van der Waals surface area contributed by atoms with Crippen molar-refractivity contribution in [2.24, 2.45) is 0 Å². The second kappa shape index (κ2) is 10.7. The Morgan fingerprint density at radius 2 is 1.85 bits per heavy atom. The quantitative estimate of drug-likeness (QED) is 0.728. The van der Waals surface area contributed by atoms with E-state index in [0.29, 0.717) is 26.3 Å². The SMILES string of the molecule is O=C(O)C(F)(F)F.O=C(c1ncccn1)N1CCC2(CC1)CC(OCc1cccnc1)CO2. The van der Waals surface area contributed by atoms with E-state index in [1.807, 2.05) is 23.2 Å². The first-order chi connectivity index (χ1) is 15.7. The van der Waals surface area contributed by atoms with Crippen LogP contribution in [0.1, 0.15) is 35.4 Å². The number of carbonyl (C=O) groups excluding carboxylic acids is 1. The molecule has 4 heterocycles. The number of likely N-dealkylation sites (tertiary alicyclic amines) is 1. The minimum Gasteiger partial charge on any atom is -0.475 e. The standard InChI is InChI=1S/C19H22N4O3.C2HF3O2/c24-18(17-21-7-2-8-22-17)23-9-4-19(5-10-23)11-16(14-26-19)25-13-15-3-1-6-20-12-15;3-2(4,5)1(6)7/h1-3,6-8,12,16H,4-5,9-11,13-14H2;(H,6,7). The number of rotatable bonds is 4. The van der Waals surface area contributed by atoms with E-state index < -0.39 is 12.1 Å². The van der Waals surface area contributed by atoms with Crippen LogP contribution in [0, 0.1) is 0 Å². The fourth-order valence-electron chi connectivity index (χ4n) is 3.62. The predicted octanol–water partition coefficient (Wildman–Crippen LogP) is 2.49. The summed E-state index contributed by atoms with van der Waals surface area (Å²) in [7, 11) is 0. The van der Waals surface area contributed by atoms with Gasteiger partial charge in [-0.1, -0.05) is 6.07 Å². The molecule has 1 unspecified atom stereocenters. The number of pyridine rings is 1. The van der Waals surface area contributed by atoms with E-state index in [2.05, 4.69) is 15.0 Å². The molecule has 1 N–H and O–H groups in total. The van der Waals surface area contributed by atoms with Crippen LogP contribution >= 0.6 is 0 Å². The van der Waals surface area contributed by atoms with Gasteiger partial charge in [0.2, 0.25) is 5.82 Å². The number of hydrogen-bond donors (Lipinski definition) is 1. The molecule has 4 rings (SSSR count). The number of hydrogen-bond acceptors (Lipinski definition) is 7. The van der Waals surface area contributed by atoms with Crippen molar-refractivity contribution in [2.75, 3.05) is 19.7 Å². The molecule has 1 atom stereocenters. The highest BCUT2D eigenvalue weighted by Gasteiger charge is 2.44. The third-order valence-electron chi connectivity index (χ3n) is 5.35. The fraction of sp³-hybridized carbons (Fsp3) is 0.476.